The van der Waals surface area contributed by atoms with E-state index in [0.717, 1.165) is 15.0 Å². The summed E-state index contributed by atoms with van der Waals surface area (Å²) in [5.41, 5.74) is 1.06. The van der Waals surface area contributed by atoms with Crippen LogP contribution in [0.15, 0.2) is 46.9 Å². The first-order valence-corrected chi connectivity index (χ1v) is 10.6. The van der Waals surface area contributed by atoms with Gasteiger partial charge in [-0.25, -0.2) is 8.42 Å². The quantitative estimate of drug-likeness (QED) is 0.708. The van der Waals surface area contributed by atoms with E-state index in [1.54, 1.807) is 49.4 Å². The lowest BCUT2D eigenvalue weighted by atomic mass is 10.2. The molecule has 0 heterocycles. The van der Waals surface area contributed by atoms with E-state index in [2.05, 4.69) is 21.2 Å². The van der Waals surface area contributed by atoms with E-state index in [9.17, 15) is 13.2 Å². The maximum absolute atomic E-state index is 12.2. The van der Waals surface area contributed by atoms with E-state index < -0.39 is 16.1 Å². The van der Waals surface area contributed by atoms with Gasteiger partial charge in [-0.2, -0.15) is 0 Å². The highest BCUT2D eigenvalue weighted by Crippen LogP contribution is 2.26. The molecule has 2 rings (SSSR count). The van der Waals surface area contributed by atoms with Crippen molar-refractivity contribution >= 4 is 54.8 Å². The minimum absolute atomic E-state index is 0.333. The molecule has 0 aromatic heterocycles. The fraction of sp³-hybridized carbons (Fsp3) is 0.235. The Kier molecular flexibility index (Phi) is 6.54. The molecule has 6 nitrogen and oxygen atoms in total. The minimum Gasteiger partial charge on any atom is -0.481 e. The first kappa shape index (κ1) is 20.5. The molecular formula is C17H18BrClN2O4S. The van der Waals surface area contributed by atoms with Crippen LogP contribution in [-0.2, 0) is 14.8 Å². The number of amides is 1. The first-order chi connectivity index (χ1) is 12.1. The number of rotatable bonds is 6. The van der Waals surface area contributed by atoms with Crippen molar-refractivity contribution in [3.05, 3.63) is 52.0 Å². The summed E-state index contributed by atoms with van der Waals surface area (Å²) >= 11 is 9.29. The minimum atomic E-state index is -3.33. The maximum atomic E-state index is 12.2. The molecule has 1 N–H and O–H groups in total. The molecule has 26 heavy (non-hydrogen) atoms. The lowest BCUT2D eigenvalue weighted by molar-refractivity contribution is -0.122. The third-order valence-electron chi connectivity index (χ3n) is 3.57. The van der Waals surface area contributed by atoms with Crippen LogP contribution in [0.25, 0.3) is 0 Å². The maximum Gasteiger partial charge on any atom is 0.265 e. The number of ether oxygens (including phenoxy) is 1. The monoisotopic (exact) mass is 460 g/mol. The Labute approximate surface area is 166 Å². The summed E-state index contributed by atoms with van der Waals surface area (Å²) in [5.74, 6) is 0.118. The van der Waals surface area contributed by atoms with Gasteiger partial charge in [-0.05, 0) is 65.3 Å². The van der Waals surface area contributed by atoms with Crippen molar-refractivity contribution in [2.45, 2.75) is 13.0 Å². The molecule has 0 spiro atoms. The van der Waals surface area contributed by atoms with Crippen LogP contribution in [0.3, 0.4) is 0 Å². The Hall–Kier alpha value is -1.77. The third kappa shape index (κ3) is 5.36. The van der Waals surface area contributed by atoms with Gasteiger partial charge in [-0.1, -0.05) is 11.6 Å². The number of nitrogens with one attached hydrogen (secondary N) is 1. The summed E-state index contributed by atoms with van der Waals surface area (Å²) in [6.07, 6.45) is 0.369. The molecule has 2 aromatic rings. The highest BCUT2D eigenvalue weighted by Gasteiger charge is 2.16. The Morgan fingerprint density at radius 3 is 2.38 bits per heavy atom. The van der Waals surface area contributed by atoms with Gasteiger partial charge in [0, 0.05) is 17.2 Å². The van der Waals surface area contributed by atoms with E-state index in [0.29, 0.717) is 22.1 Å². The van der Waals surface area contributed by atoms with Crippen molar-refractivity contribution in [2.75, 3.05) is 22.9 Å². The predicted molar refractivity (Wildman–Crippen MR) is 108 cm³/mol. The van der Waals surface area contributed by atoms with Crippen molar-refractivity contribution in [1.82, 2.24) is 0 Å². The van der Waals surface area contributed by atoms with Crippen molar-refractivity contribution in [3.8, 4) is 5.75 Å². The lowest BCUT2D eigenvalue weighted by Crippen LogP contribution is -2.30. The lowest BCUT2D eigenvalue weighted by Gasteiger charge is -2.18. The first-order valence-electron chi connectivity index (χ1n) is 7.54. The Morgan fingerprint density at radius 2 is 1.85 bits per heavy atom. The molecule has 0 unspecified atom stereocenters. The van der Waals surface area contributed by atoms with E-state index in [-0.39, 0.29) is 5.91 Å². The summed E-state index contributed by atoms with van der Waals surface area (Å²) in [4.78, 5) is 12.2. The second kappa shape index (κ2) is 8.28. The highest BCUT2D eigenvalue weighted by atomic mass is 79.9. The van der Waals surface area contributed by atoms with Crippen LogP contribution in [0.1, 0.15) is 6.92 Å². The number of hydrogen-bond donors (Lipinski definition) is 1. The topological polar surface area (TPSA) is 75.7 Å². The smallest absolute Gasteiger partial charge is 0.265 e. The van der Waals surface area contributed by atoms with Gasteiger partial charge in [0.2, 0.25) is 10.0 Å². The zero-order chi connectivity index (χ0) is 19.5. The van der Waals surface area contributed by atoms with Gasteiger partial charge < -0.3 is 10.1 Å². The van der Waals surface area contributed by atoms with Crippen LogP contribution in [0, 0.1) is 0 Å². The van der Waals surface area contributed by atoms with E-state index in [1.807, 2.05) is 0 Å². The van der Waals surface area contributed by atoms with Crippen LogP contribution in [0.4, 0.5) is 11.4 Å². The molecular weight excluding hydrogens is 444 g/mol. The van der Waals surface area contributed by atoms with Gasteiger partial charge in [0.25, 0.3) is 5.91 Å². The predicted octanol–water partition coefficient (Wildman–Crippen LogP) is 3.90. The molecule has 1 atom stereocenters. The largest absolute Gasteiger partial charge is 0.481 e. The molecule has 0 saturated heterocycles. The standard InChI is InChI=1S/C17H18BrClN2O4S/c1-11(17(22)20-12-4-9-15(18)16(19)10-12)25-14-7-5-13(6-8-14)21(2)26(3,23)24/h4-11H,1-3H3,(H,20,22)/t11-/m0/s1. The molecule has 0 aliphatic rings. The average Bonchev–Trinajstić information content (AvgIpc) is 2.57. The zero-order valence-corrected chi connectivity index (χ0v) is 17.5. The SMILES string of the molecule is C[C@H](Oc1ccc(N(C)S(C)(=O)=O)cc1)C(=O)Nc1ccc(Br)c(Cl)c1. The number of sulfonamides is 1. The fourth-order valence-electron chi connectivity index (χ4n) is 2.00. The summed E-state index contributed by atoms with van der Waals surface area (Å²) in [6, 6.07) is 11.5. The van der Waals surface area contributed by atoms with E-state index in [1.165, 1.54) is 7.05 Å². The Morgan fingerprint density at radius 1 is 1.23 bits per heavy atom. The molecule has 2 aromatic carbocycles. The molecule has 0 fully saturated rings. The molecule has 0 radical (unpaired) electrons. The molecule has 0 aliphatic heterocycles. The second-order valence-corrected chi connectivity index (χ2v) is 8.88. The van der Waals surface area contributed by atoms with Gasteiger partial charge in [0.15, 0.2) is 6.10 Å². The number of carbonyl (C=O) groups is 1. The number of anilines is 2. The Balaban J connectivity index is 2.01. The normalized spacial score (nSPS) is 12.3. The number of benzene rings is 2. The summed E-state index contributed by atoms with van der Waals surface area (Å²) in [6.45, 7) is 1.62. The average molecular weight is 462 g/mol. The third-order valence-corrected chi connectivity index (χ3v) is 6.01. The summed E-state index contributed by atoms with van der Waals surface area (Å²) in [5, 5.41) is 3.21. The molecule has 9 heteroatoms. The van der Waals surface area contributed by atoms with Crippen LogP contribution in [-0.4, -0.2) is 33.7 Å². The molecule has 0 aliphatic carbocycles. The molecule has 0 saturated carbocycles. The number of halogens is 2. The van der Waals surface area contributed by atoms with Gasteiger partial charge >= 0.3 is 0 Å². The summed E-state index contributed by atoms with van der Waals surface area (Å²) < 4.78 is 30.6. The van der Waals surface area contributed by atoms with Gasteiger partial charge in [-0.15, -0.1) is 0 Å². The molecule has 1 amide bonds. The second-order valence-electron chi connectivity index (χ2n) is 5.60. The number of hydrogen-bond acceptors (Lipinski definition) is 4. The zero-order valence-electron chi connectivity index (χ0n) is 14.4. The highest BCUT2D eigenvalue weighted by molar-refractivity contribution is 9.10. The van der Waals surface area contributed by atoms with Crippen molar-refractivity contribution in [2.24, 2.45) is 0 Å². The number of carbonyl (C=O) groups excluding carboxylic acids is 1. The van der Waals surface area contributed by atoms with Crippen LogP contribution in [0.5, 0.6) is 5.75 Å². The van der Waals surface area contributed by atoms with Crippen LogP contribution >= 0.6 is 27.5 Å². The van der Waals surface area contributed by atoms with E-state index in [4.69, 9.17) is 16.3 Å². The molecule has 0 bridgehead atoms. The Bertz CT molecular complexity index is 903. The fourth-order valence-corrected chi connectivity index (χ4v) is 2.93. The van der Waals surface area contributed by atoms with Crippen molar-refractivity contribution in [1.29, 1.82) is 0 Å². The molecule has 140 valence electrons. The van der Waals surface area contributed by atoms with Gasteiger partial charge in [-0.3, -0.25) is 9.10 Å². The van der Waals surface area contributed by atoms with Crippen LogP contribution < -0.4 is 14.4 Å². The van der Waals surface area contributed by atoms with E-state index >= 15 is 0 Å². The van der Waals surface area contributed by atoms with Crippen molar-refractivity contribution in [3.63, 3.8) is 0 Å². The van der Waals surface area contributed by atoms with Gasteiger partial charge in [0.05, 0.1) is 17.0 Å². The van der Waals surface area contributed by atoms with Crippen LogP contribution in [0.2, 0.25) is 5.02 Å². The summed E-state index contributed by atoms with van der Waals surface area (Å²) in [7, 11) is -1.87. The number of nitrogens with zero attached hydrogens (tertiary/aromatic N) is 1. The van der Waals surface area contributed by atoms with Gasteiger partial charge in [0.1, 0.15) is 5.75 Å². The van der Waals surface area contributed by atoms with Crippen molar-refractivity contribution < 1.29 is 17.9 Å².